The van der Waals surface area contributed by atoms with E-state index in [1.807, 2.05) is 61.5 Å². The van der Waals surface area contributed by atoms with Crippen LogP contribution in [-0.4, -0.2) is 44.8 Å². The van der Waals surface area contributed by atoms with Crippen molar-refractivity contribution >= 4 is 66.7 Å². The molecule has 1 N–H and O–H groups in total. The molecule has 0 heterocycles. The molecule has 0 unspecified atom stereocenters. The van der Waals surface area contributed by atoms with Gasteiger partial charge in [-0.3, -0.25) is 13.9 Å². The molecule has 0 aliphatic rings. The number of carbonyl (C=O) groups is 2. The van der Waals surface area contributed by atoms with Crippen molar-refractivity contribution in [1.82, 2.24) is 10.2 Å². The normalized spacial score (nSPS) is 11.9. The number of rotatable bonds is 11. The fraction of sp³-hybridized carbons (Fsp3) is 0.188. The van der Waals surface area contributed by atoms with Crippen LogP contribution in [0.3, 0.4) is 0 Å². The number of halogens is 3. The largest absolute Gasteiger partial charge is 0.357 e. The third kappa shape index (κ3) is 7.97. The van der Waals surface area contributed by atoms with Crippen molar-refractivity contribution in [3.63, 3.8) is 0 Å². The van der Waals surface area contributed by atoms with Crippen molar-refractivity contribution in [3.8, 4) is 0 Å². The number of amides is 2. The van der Waals surface area contributed by atoms with Gasteiger partial charge < -0.3 is 10.2 Å². The molecular weight excluding hydrogens is 673 g/mol. The number of aryl methyl sites for hydroxylation is 1. The predicted octanol–water partition coefficient (Wildman–Crippen LogP) is 6.65. The molecule has 0 radical (unpaired) electrons. The van der Waals surface area contributed by atoms with Crippen LogP contribution in [0, 0.1) is 6.92 Å². The number of hydrogen-bond donors (Lipinski definition) is 1. The maximum atomic E-state index is 14.3. The topological polar surface area (TPSA) is 86.8 Å². The number of carbonyl (C=O) groups excluding carboxylic acids is 2. The molecule has 43 heavy (non-hydrogen) atoms. The van der Waals surface area contributed by atoms with Crippen LogP contribution in [0.4, 0.5) is 5.69 Å². The molecule has 7 nitrogen and oxygen atoms in total. The van der Waals surface area contributed by atoms with E-state index in [1.165, 1.54) is 36.2 Å². The third-order valence-electron chi connectivity index (χ3n) is 6.87. The second kappa shape index (κ2) is 14.4. The van der Waals surface area contributed by atoms with Gasteiger partial charge >= 0.3 is 0 Å². The summed E-state index contributed by atoms with van der Waals surface area (Å²) in [4.78, 5) is 29.0. The molecule has 11 heteroatoms. The van der Waals surface area contributed by atoms with Gasteiger partial charge in [0.05, 0.1) is 20.6 Å². The van der Waals surface area contributed by atoms with Gasteiger partial charge in [0.15, 0.2) is 0 Å². The van der Waals surface area contributed by atoms with Gasteiger partial charge in [-0.25, -0.2) is 8.42 Å². The molecule has 224 valence electrons. The minimum absolute atomic E-state index is 0.0146. The number of anilines is 1. The lowest BCUT2D eigenvalue weighted by atomic mass is 10.0. The summed E-state index contributed by atoms with van der Waals surface area (Å²) in [6, 6.07) is 26.6. The van der Waals surface area contributed by atoms with E-state index in [0.717, 1.165) is 25.5 Å². The zero-order valence-electron chi connectivity index (χ0n) is 23.5. The maximum Gasteiger partial charge on any atom is 0.264 e. The Balaban J connectivity index is 1.81. The van der Waals surface area contributed by atoms with Gasteiger partial charge in [0, 0.05) is 24.5 Å². The van der Waals surface area contributed by atoms with Crippen LogP contribution < -0.4 is 9.62 Å². The number of nitrogens with zero attached hydrogens (tertiary/aromatic N) is 2. The lowest BCUT2D eigenvalue weighted by Crippen LogP contribution is -2.53. The summed E-state index contributed by atoms with van der Waals surface area (Å²) >= 11 is 16.2. The average Bonchev–Trinajstić information content (AvgIpc) is 3.00. The van der Waals surface area contributed by atoms with Crippen molar-refractivity contribution in [3.05, 3.63) is 128 Å². The monoisotopic (exact) mass is 701 g/mol. The van der Waals surface area contributed by atoms with Crippen molar-refractivity contribution < 1.29 is 18.0 Å². The van der Waals surface area contributed by atoms with Gasteiger partial charge in [-0.1, -0.05) is 105 Å². The number of likely N-dealkylation sites (N-methyl/N-ethyl adjacent to an activating group) is 1. The SMILES string of the molecule is CNC(=O)[C@@H](Cc1ccccc1)N(Cc1ccc(Br)cc1)C(=O)CN(c1cccc(Cl)c1Cl)S(=O)(=O)c1ccc(C)cc1. The van der Waals surface area contributed by atoms with Crippen molar-refractivity contribution in [2.24, 2.45) is 0 Å². The van der Waals surface area contributed by atoms with Crippen LogP contribution in [0.5, 0.6) is 0 Å². The molecule has 0 aliphatic heterocycles. The summed E-state index contributed by atoms with van der Waals surface area (Å²) in [5, 5.41) is 2.79. The first kappa shape index (κ1) is 32.5. The van der Waals surface area contributed by atoms with E-state index in [9.17, 15) is 18.0 Å². The Morgan fingerprint density at radius 3 is 2.14 bits per heavy atom. The Kier molecular flexibility index (Phi) is 10.9. The first-order chi connectivity index (χ1) is 20.5. The number of sulfonamides is 1. The van der Waals surface area contributed by atoms with Crippen LogP contribution in [-0.2, 0) is 32.6 Å². The Bertz CT molecular complexity index is 1690. The minimum Gasteiger partial charge on any atom is -0.357 e. The second-order valence-electron chi connectivity index (χ2n) is 9.87. The highest BCUT2D eigenvalue weighted by Crippen LogP contribution is 2.35. The summed E-state index contributed by atoms with van der Waals surface area (Å²) in [5.74, 6) is -0.984. The highest BCUT2D eigenvalue weighted by Gasteiger charge is 2.35. The van der Waals surface area contributed by atoms with Crippen LogP contribution >= 0.6 is 39.1 Å². The molecule has 0 aromatic heterocycles. The second-order valence-corrected chi connectivity index (χ2v) is 13.4. The van der Waals surface area contributed by atoms with E-state index in [-0.39, 0.29) is 39.5 Å². The smallest absolute Gasteiger partial charge is 0.264 e. The maximum absolute atomic E-state index is 14.3. The van der Waals surface area contributed by atoms with Crippen LogP contribution in [0.15, 0.2) is 106 Å². The molecule has 0 bridgehead atoms. The van der Waals surface area contributed by atoms with Gasteiger partial charge in [0.1, 0.15) is 12.6 Å². The lowest BCUT2D eigenvalue weighted by molar-refractivity contribution is -0.139. The van der Waals surface area contributed by atoms with E-state index in [0.29, 0.717) is 0 Å². The molecule has 0 spiro atoms. The van der Waals surface area contributed by atoms with E-state index in [4.69, 9.17) is 23.2 Å². The zero-order chi connectivity index (χ0) is 31.1. The third-order valence-corrected chi connectivity index (χ3v) is 9.98. The van der Waals surface area contributed by atoms with E-state index < -0.39 is 28.5 Å². The van der Waals surface area contributed by atoms with Crippen LogP contribution in [0.1, 0.15) is 16.7 Å². The molecule has 0 fully saturated rings. The summed E-state index contributed by atoms with van der Waals surface area (Å²) in [6.07, 6.45) is 0.214. The molecule has 4 aromatic rings. The highest BCUT2D eigenvalue weighted by molar-refractivity contribution is 9.10. The van der Waals surface area contributed by atoms with Crippen molar-refractivity contribution in [2.45, 2.75) is 30.8 Å². The predicted molar refractivity (Wildman–Crippen MR) is 175 cm³/mol. The molecule has 1 atom stereocenters. The quantitative estimate of drug-likeness (QED) is 0.190. The highest BCUT2D eigenvalue weighted by atomic mass is 79.9. The Morgan fingerprint density at radius 1 is 0.860 bits per heavy atom. The van der Waals surface area contributed by atoms with Gasteiger partial charge in [-0.05, 0) is 54.4 Å². The molecule has 0 saturated carbocycles. The molecule has 2 amide bonds. The van der Waals surface area contributed by atoms with Gasteiger partial charge in [0.25, 0.3) is 10.0 Å². The summed E-state index contributed by atoms with van der Waals surface area (Å²) < 4.78 is 30.0. The fourth-order valence-corrected chi connectivity index (χ4v) is 6.68. The van der Waals surface area contributed by atoms with Crippen molar-refractivity contribution in [1.29, 1.82) is 0 Å². The molecule has 4 aromatic carbocycles. The molecule has 0 saturated heterocycles. The van der Waals surface area contributed by atoms with E-state index >= 15 is 0 Å². The Morgan fingerprint density at radius 2 is 1.51 bits per heavy atom. The zero-order valence-corrected chi connectivity index (χ0v) is 27.4. The molecule has 4 rings (SSSR count). The van der Waals surface area contributed by atoms with E-state index in [1.54, 1.807) is 18.2 Å². The Labute approximate surface area is 270 Å². The average molecular weight is 703 g/mol. The standard InChI is InChI=1S/C32H30BrCl2N3O4S/c1-22-11-17-26(18-12-22)43(41,42)38(28-10-6-9-27(34)31(28)35)21-30(39)37(20-24-13-15-25(33)16-14-24)29(32(40)36-2)19-23-7-4-3-5-8-23/h3-18,29H,19-21H2,1-2H3,(H,36,40)/t29-/m1/s1. The summed E-state index contributed by atoms with van der Waals surface area (Å²) in [5.41, 5.74) is 2.52. The number of hydrogen-bond acceptors (Lipinski definition) is 4. The van der Waals surface area contributed by atoms with Gasteiger partial charge in [-0.2, -0.15) is 0 Å². The minimum atomic E-state index is -4.29. The van der Waals surface area contributed by atoms with Crippen molar-refractivity contribution in [2.75, 3.05) is 17.9 Å². The van der Waals surface area contributed by atoms with Crippen LogP contribution in [0.2, 0.25) is 10.0 Å². The van der Waals surface area contributed by atoms with Gasteiger partial charge in [0.2, 0.25) is 11.8 Å². The fourth-order valence-electron chi connectivity index (χ4n) is 4.54. The molecule has 0 aliphatic carbocycles. The Hall–Kier alpha value is -3.37. The first-order valence-electron chi connectivity index (χ1n) is 13.3. The summed E-state index contributed by atoms with van der Waals surface area (Å²) in [6.45, 7) is 1.27. The van der Waals surface area contributed by atoms with Gasteiger partial charge in [-0.15, -0.1) is 0 Å². The number of nitrogens with one attached hydrogen (secondary N) is 1. The lowest BCUT2D eigenvalue weighted by Gasteiger charge is -2.34. The van der Waals surface area contributed by atoms with Crippen LogP contribution in [0.25, 0.3) is 0 Å². The number of benzene rings is 4. The van der Waals surface area contributed by atoms with E-state index in [2.05, 4.69) is 21.2 Å². The first-order valence-corrected chi connectivity index (χ1v) is 16.3. The summed E-state index contributed by atoms with van der Waals surface area (Å²) in [7, 11) is -2.79. The molecular formula is C32H30BrCl2N3O4S.